The molecule has 0 amide bonds. The van der Waals surface area contributed by atoms with Crippen molar-refractivity contribution in [2.45, 2.75) is 13.5 Å². The summed E-state index contributed by atoms with van der Waals surface area (Å²) in [5.74, 6) is 0.365. The molecule has 0 saturated heterocycles. The van der Waals surface area contributed by atoms with Crippen LogP contribution in [0.4, 0.5) is 10.1 Å². The van der Waals surface area contributed by atoms with Gasteiger partial charge < -0.3 is 10.5 Å². The molecule has 4 heteroatoms. The van der Waals surface area contributed by atoms with Crippen LogP contribution in [-0.2, 0) is 6.61 Å². The van der Waals surface area contributed by atoms with Gasteiger partial charge in [-0.3, -0.25) is 0 Å². The van der Waals surface area contributed by atoms with Gasteiger partial charge in [0, 0.05) is 0 Å². The Bertz CT molecular complexity index is 572. The Morgan fingerprint density at radius 2 is 2.00 bits per heavy atom. The molecule has 0 aliphatic carbocycles. The van der Waals surface area contributed by atoms with E-state index in [1.807, 2.05) is 25.1 Å². The Morgan fingerprint density at radius 1 is 1.22 bits per heavy atom. The van der Waals surface area contributed by atoms with E-state index < -0.39 is 0 Å². The molecule has 0 heterocycles. The molecular formula is C14H13BrFNO. The largest absolute Gasteiger partial charge is 0.487 e. The van der Waals surface area contributed by atoms with Crippen molar-refractivity contribution in [3.8, 4) is 5.75 Å². The molecule has 18 heavy (non-hydrogen) atoms. The normalized spacial score (nSPS) is 10.4. The van der Waals surface area contributed by atoms with Crippen LogP contribution >= 0.6 is 15.9 Å². The number of nitrogens with two attached hydrogens (primary N) is 1. The molecule has 0 aromatic heterocycles. The molecule has 0 bridgehead atoms. The van der Waals surface area contributed by atoms with Crippen LogP contribution in [0.3, 0.4) is 0 Å². The van der Waals surface area contributed by atoms with Crippen LogP contribution in [0.1, 0.15) is 11.1 Å². The highest BCUT2D eigenvalue weighted by Crippen LogP contribution is 2.24. The van der Waals surface area contributed by atoms with Gasteiger partial charge in [-0.2, -0.15) is 0 Å². The zero-order chi connectivity index (χ0) is 13.1. The van der Waals surface area contributed by atoms with Gasteiger partial charge in [0.05, 0.1) is 10.2 Å². The van der Waals surface area contributed by atoms with E-state index in [4.69, 9.17) is 10.5 Å². The Hall–Kier alpha value is -1.55. The quantitative estimate of drug-likeness (QED) is 0.868. The molecule has 0 radical (unpaired) electrons. The van der Waals surface area contributed by atoms with Crippen LogP contribution in [0.15, 0.2) is 40.9 Å². The molecule has 2 aromatic carbocycles. The second kappa shape index (κ2) is 5.40. The molecule has 0 aliphatic rings. The van der Waals surface area contributed by atoms with Crippen molar-refractivity contribution in [2.24, 2.45) is 0 Å². The third kappa shape index (κ3) is 3.01. The first-order valence-corrected chi connectivity index (χ1v) is 6.28. The summed E-state index contributed by atoms with van der Waals surface area (Å²) >= 11 is 3.14. The monoisotopic (exact) mass is 309 g/mol. The molecule has 0 unspecified atom stereocenters. The summed E-state index contributed by atoms with van der Waals surface area (Å²) in [6.45, 7) is 2.33. The van der Waals surface area contributed by atoms with E-state index in [1.54, 1.807) is 12.1 Å². The number of hydrogen-bond donors (Lipinski definition) is 1. The number of rotatable bonds is 3. The predicted molar refractivity (Wildman–Crippen MR) is 74.0 cm³/mol. The minimum Gasteiger partial charge on any atom is -0.487 e. The fraction of sp³-hybridized carbons (Fsp3) is 0.143. The van der Waals surface area contributed by atoms with Gasteiger partial charge in [0.1, 0.15) is 18.2 Å². The average Bonchev–Trinajstić information content (AvgIpc) is 2.34. The van der Waals surface area contributed by atoms with Crippen molar-refractivity contribution in [1.29, 1.82) is 0 Å². The van der Waals surface area contributed by atoms with Gasteiger partial charge in [0.25, 0.3) is 0 Å². The minimum absolute atomic E-state index is 0.284. The van der Waals surface area contributed by atoms with Crippen molar-refractivity contribution in [1.82, 2.24) is 0 Å². The van der Waals surface area contributed by atoms with Crippen LogP contribution in [-0.4, -0.2) is 0 Å². The number of nitrogen functional groups attached to an aromatic ring is 1. The zero-order valence-electron chi connectivity index (χ0n) is 9.91. The van der Waals surface area contributed by atoms with Crippen LogP contribution in [0.25, 0.3) is 0 Å². The Morgan fingerprint density at radius 3 is 2.72 bits per heavy atom. The van der Waals surface area contributed by atoms with Crippen LogP contribution in [0, 0.1) is 12.7 Å². The Labute approximate surface area is 114 Å². The molecule has 94 valence electrons. The lowest BCUT2D eigenvalue weighted by molar-refractivity contribution is 0.307. The average molecular weight is 310 g/mol. The topological polar surface area (TPSA) is 35.2 Å². The molecule has 0 fully saturated rings. The predicted octanol–water partition coefficient (Wildman–Crippen LogP) is 4.06. The van der Waals surface area contributed by atoms with E-state index in [-0.39, 0.29) is 5.82 Å². The molecule has 2 rings (SSSR count). The SMILES string of the molecule is Cc1ccc(N)c(OCc2ccc(F)c(Br)c2)c1. The van der Waals surface area contributed by atoms with E-state index in [2.05, 4.69) is 15.9 Å². The van der Waals surface area contributed by atoms with Gasteiger partial charge in [0.15, 0.2) is 0 Å². The van der Waals surface area contributed by atoms with Crippen LogP contribution in [0.5, 0.6) is 5.75 Å². The molecule has 2 aromatic rings. The van der Waals surface area contributed by atoms with E-state index in [0.29, 0.717) is 22.5 Å². The summed E-state index contributed by atoms with van der Waals surface area (Å²) < 4.78 is 19.1. The number of hydrogen-bond acceptors (Lipinski definition) is 2. The van der Waals surface area contributed by atoms with Gasteiger partial charge in [-0.1, -0.05) is 12.1 Å². The second-order valence-electron chi connectivity index (χ2n) is 4.08. The van der Waals surface area contributed by atoms with Gasteiger partial charge in [0.2, 0.25) is 0 Å². The maximum atomic E-state index is 13.1. The first-order valence-electron chi connectivity index (χ1n) is 5.49. The van der Waals surface area contributed by atoms with E-state index in [0.717, 1.165) is 11.1 Å². The summed E-state index contributed by atoms with van der Waals surface area (Å²) in [6.07, 6.45) is 0. The highest BCUT2D eigenvalue weighted by molar-refractivity contribution is 9.10. The van der Waals surface area contributed by atoms with Crippen molar-refractivity contribution in [3.05, 3.63) is 57.8 Å². The summed E-state index contributed by atoms with van der Waals surface area (Å²) in [4.78, 5) is 0. The maximum Gasteiger partial charge on any atom is 0.142 e. The minimum atomic E-state index is -0.284. The van der Waals surface area contributed by atoms with Crippen molar-refractivity contribution >= 4 is 21.6 Å². The molecule has 0 spiro atoms. The van der Waals surface area contributed by atoms with Crippen molar-refractivity contribution in [3.63, 3.8) is 0 Å². The van der Waals surface area contributed by atoms with Crippen LogP contribution in [0.2, 0.25) is 0 Å². The van der Waals surface area contributed by atoms with Gasteiger partial charge in [-0.25, -0.2) is 4.39 Å². The highest BCUT2D eigenvalue weighted by atomic mass is 79.9. The van der Waals surface area contributed by atoms with Gasteiger partial charge in [-0.15, -0.1) is 0 Å². The number of aryl methyl sites for hydroxylation is 1. The lowest BCUT2D eigenvalue weighted by Crippen LogP contribution is -1.99. The fourth-order valence-electron chi connectivity index (χ4n) is 1.56. The summed E-state index contributed by atoms with van der Waals surface area (Å²) in [7, 11) is 0. The molecule has 0 aliphatic heterocycles. The molecule has 2 N–H and O–H groups in total. The number of ether oxygens (including phenoxy) is 1. The molecule has 0 atom stereocenters. The first kappa shape index (κ1) is 12.9. The number of benzene rings is 2. The fourth-order valence-corrected chi connectivity index (χ4v) is 1.98. The highest BCUT2D eigenvalue weighted by Gasteiger charge is 2.04. The van der Waals surface area contributed by atoms with Crippen molar-refractivity contribution < 1.29 is 9.13 Å². The summed E-state index contributed by atoms with van der Waals surface area (Å²) in [5.41, 5.74) is 8.37. The zero-order valence-corrected chi connectivity index (χ0v) is 11.5. The van der Waals surface area contributed by atoms with Crippen LogP contribution < -0.4 is 10.5 Å². The third-order valence-electron chi connectivity index (χ3n) is 2.55. The van der Waals surface area contributed by atoms with Crippen molar-refractivity contribution in [2.75, 3.05) is 5.73 Å². The Kier molecular flexibility index (Phi) is 3.87. The lowest BCUT2D eigenvalue weighted by atomic mass is 10.2. The van der Waals surface area contributed by atoms with E-state index in [1.165, 1.54) is 6.07 Å². The Balaban J connectivity index is 2.11. The number of halogens is 2. The smallest absolute Gasteiger partial charge is 0.142 e. The third-order valence-corrected chi connectivity index (χ3v) is 3.16. The molecule has 2 nitrogen and oxygen atoms in total. The van der Waals surface area contributed by atoms with E-state index in [9.17, 15) is 4.39 Å². The van der Waals surface area contributed by atoms with Gasteiger partial charge in [-0.05, 0) is 58.2 Å². The first-order chi connectivity index (χ1) is 8.56. The summed E-state index contributed by atoms with van der Waals surface area (Å²) in [5, 5.41) is 0. The molecule has 0 saturated carbocycles. The second-order valence-corrected chi connectivity index (χ2v) is 4.93. The number of anilines is 1. The summed E-state index contributed by atoms with van der Waals surface area (Å²) in [6, 6.07) is 10.4. The van der Waals surface area contributed by atoms with E-state index >= 15 is 0 Å². The van der Waals surface area contributed by atoms with Gasteiger partial charge >= 0.3 is 0 Å². The lowest BCUT2D eigenvalue weighted by Gasteiger charge is -2.10. The standard InChI is InChI=1S/C14H13BrFNO/c1-9-2-5-13(17)14(6-9)18-8-10-3-4-12(16)11(15)7-10/h2-7H,8,17H2,1H3. The molecular weight excluding hydrogens is 297 g/mol. The maximum absolute atomic E-state index is 13.1.